The van der Waals surface area contributed by atoms with Gasteiger partial charge in [-0.3, -0.25) is 0 Å². The fourth-order valence-electron chi connectivity index (χ4n) is 1.59. The average molecular weight is 284 g/mol. The molecule has 0 aliphatic carbocycles. The summed E-state index contributed by atoms with van der Waals surface area (Å²) in [5.41, 5.74) is -0.511. The highest BCUT2D eigenvalue weighted by molar-refractivity contribution is 5.67. The fraction of sp³-hybridized carbons (Fsp3) is 0.769. The van der Waals surface area contributed by atoms with Crippen molar-refractivity contribution in [2.45, 2.75) is 45.6 Å². The number of ether oxygens (including phenoxy) is 1. The van der Waals surface area contributed by atoms with Crippen molar-refractivity contribution >= 4 is 6.09 Å². The van der Waals surface area contributed by atoms with Gasteiger partial charge in [0.05, 0.1) is 5.92 Å². The minimum atomic E-state index is -0.511. The molecular weight excluding hydrogens is 260 g/mol. The van der Waals surface area contributed by atoms with Crippen molar-refractivity contribution in [1.29, 1.82) is 0 Å². The van der Waals surface area contributed by atoms with Gasteiger partial charge in [0.15, 0.2) is 5.82 Å². The lowest BCUT2D eigenvalue weighted by molar-refractivity contribution is 0.0523. The van der Waals surface area contributed by atoms with Crippen LogP contribution in [-0.2, 0) is 11.2 Å². The van der Waals surface area contributed by atoms with Crippen LogP contribution in [0.15, 0.2) is 4.52 Å². The van der Waals surface area contributed by atoms with Crippen molar-refractivity contribution in [3.63, 3.8) is 0 Å². The molecule has 1 amide bonds. The van der Waals surface area contributed by atoms with E-state index in [1.54, 1.807) is 0 Å². The van der Waals surface area contributed by atoms with Gasteiger partial charge in [0.25, 0.3) is 0 Å². The molecule has 1 rings (SSSR count). The van der Waals surface area contributed by atoms with Crippen LogP contribution in [0.25, 0.3) is 0 Å². The number of rotatable bonds is 6. The Kier molecular flexibility index (Phi) is 5.94. The molecule has 0 aliphatic heterocycles. The predicted octanol–water partition coefficient (Wildman–Crippen LogP) is 1.46. The average Bonchev–Trinajstić information content (AvgIpc) is 2.80. The second-order valence-corrected chi connectivity index (χ2v) is 5.54. The number of carbonyl (C=O) groups excluding carboxylic acids is 1. The van der Waals surface area contributed by atoms with E-state index in [0.29, 0.717) is 24.8 Å². The van der Waals surface area contributed by atoms with Gasteiger partial charge in [-0.25, -0.2) is 4.79 Å². The van der Waals surface area contributed by atoms with Crippen molar-refractivity contribution < 1.29 is 14.1 Å². The van der Waals surface area contributed by atoms with E-state index in [2.05, 4.69) is 20.8 Å². The molecule has 0 bridgehead atoms. The van der Waals surface area contributed by atoms with E-state index in [0.717, 1.165) is 6.42 Å². The summed E-state index contributed by atoms with van der Waals surface area (Å²) < 4.78 is 10.4. The molecular formula is C13H24N4O3. The van der Waals surface area contributed by atoms with Gasteiger partial charge >= 0.3 is 6.09 Å². The van der Waals surface area contributed by atoms with E-state index < -0.39 is 11.7 Å². The zero-order valence-electron chi connectivity index (χ0n) is 12.8. The number of aromatic nitrogens is 2. The predicted molar refractivity (Wildman–Crippen MR) is 74.6 cm³/mol. The maximum atomic E-state index is 11.6. The second kappa shape index (κ2) is 7.23. The second-order valence-electron chi connectivity index (χ2n) is 5.54. The lowest BCUT2D eigenvalue weighted by Crippen LogP contribution is -2.36. The molecule has 0 aromatic carbocycles. The summed E-state index contributed by atoms with van der Waals surface area (Å²) in [6.07, 6.45) is 0.267. The molecule has 2 N–H and O–H groups in total. The van der Waals surface area contributed by atoms with Crippen molar-refractivity contribution in [2.24, 2.45) is 0 Å². The number of aryl methyl sites for hydroxylation is 1. The Morgan fingerprint density at radius 2 is 2.10 bits per heavy atom. The molecule has 0 aliphatic rings. The maximum absolute atomic E-state index is 11.6. The van der Waals surface area contributed by atoms with Gasteiger partial charge < -0.3 is 19.9 Å². The lowest BCUT2D eigenvalue weighted by Gasteiger charge is -2.20. The third-order valence-electron chi connectivity index (χ3n) is 2.49. The first-order valence-electron chi connectivity index (χ1n) is 6.79. The van der Waals surface area contributed by atoms with Crippen molar-refractivity contribution in [3.05, 3.63) is 11.7 Å². The van der Waals surface area contributed by atoms with Gasteiger partial charge in [-0.15, -0.1) is 0 Å². The summed E-state index contributed by atoms with van der Waals surface area (Å²) >= 11 is 0. The smallest absolute Gasteiger partial charge is 0.407 e. The normalized spacial score (nSPS) is 13.1. The van der Waals surface area contributed by atoms with Crippen LogP contribution in [0.2, 0.25) is 0 Å². The maximum Gasteiger partial charge on any atom is 0.407 e. The fourth-order valence-corrected chi connectivity index (χ4v) is 1.59. The Labute approximate surface area is 119 Å². The first kappa shape index (κ1) is 16.4. The molecule has 7 nitrogen and oxygen atoms in total. The first-order chi connectivity index (χ1) is 9.35. The number of likely N-dealkylation sites (N-methyl/N-ethyl adjacent to an activating group) is 1. The van der Waals surface area contributed by atoms with Crippen LogP contribution in [0.5, 0.6) is 0 Å². The van der Waals surface area contributed by atoms with Crippen LogP contribution < -0.4 is 10.6 Å². The minimum Gasteiger partial charge on any atom is -0.444 e. The number of hydrogen-bond acceptors (Lipinski definition) is 6. The summed E-state index contributed by atoms with van der Waals surface area (Å²) in [5.74, 6) is 1.10. The number of alkyl carbamates (subject to hydrolysis) is 1. The van der Waals surface area contributed by atoms with Gasteiger partial charge in [0.2, 0.25) is 5.89 Å². The molecule has 7 heteroatoms. The standard InChI is InChI=1S/C13H24N4O3/c1-6-10-16-11(20-17-10)9(7-14-5)8-15-12(18)19-13(2,3)4/h9,14H,6-8H2,1-5H3,(H,15,18). The molecule has 1 aromatic heterocycles. The molecule has 0 spiro atoms. The van der Waals surface area contributed by atoms with Crippen molar-refractivity contribution in [1.82, 2.24) is 20.8 Å². The minimum absolute atomic E-state index is 0.0830. The molecule has 114 valence electrons. The SMILES string of the molecule is CCc1noc(C(CNC)CNC(=O)OC(C)(C)C)n1. The Hall–Kier alpha value is -1.63. The van der Waals surface area contributed by atoms with Gasteiger partial charge in [-0.1, -0.05) is 12.1 Å². The number of nitrogens with one attached hydrogen (secondary N) is 2. The third-order valence-corrected chi connectivity index (χ3v) is 2.49. The number of amides is 1. The molecule has 1 aromatic rings. The Balaban J connectivity index is 2.57. The van der Waals surface area contributed by atoms with Crippen LogP contribution in [0, 0.1) is 0 Å². The first-order valence-corrected chi connectivity index (χ1v) is 6.79. The highest BCUT2D eigenvalue weighted by Crippen LogP contribution is 2.13. The molecule has 1 heterocycles. The molecule has 1 atom stereocenters. The lowest BCUT2D eigenvalue weighted by atomic mass is 10.1. The van der Waals surface area contributed by atoms with Crippen molar-refractivity contribution in [3.8, 4) is 0 Å². The zero-order valence-corrected chi connectivity index (χ0v) is 12.8. The number of hydrogen-bond donors (Lipinski definition) is 2. The quantitative estimate of drug-likeness (QED) is 0.822. The van der Waals surface area contributed by atoms with Gasteiger partial charge in [-0.2, -0.15) is 4.98 Å². The topological polar surface area (TPSA) is 89.3 Å². The Morgan fingerprint density at radius 3 is 2.60 bits per heavy atom. The highest BCUT2D eigenvalue weighted by Gasteiger charge is 2.21. The number of nitrogens with zero attached hydrogens (tertiary/aromatic N) is 2. The van der Waals surface area contributed by atoms with Gasteiger partial charge in [0, 0.05) is 19.5 Å². The van der Waals surface area contributed by atoms with Crippen LogP contribution in [0.3, 0.4) is 0 Å². The molecule has 20 heavy (non-hydrogen) atoms. The van der Waals surface area contributed by atoms with E-state index >= 15 is 0 Å². The van der Waals surface area contributed by atoms with Gasteiger partial charge in [-0.05, 0) is 27.8 Å². The van der Waals surface area contributed by atoms with E-state index in [-0.39, 0.29) is 5.92 Å². The third kappa shape index (κ3) is 5.56. The van der Waals surface area contributed by atoms with Crippen LogP contribution in [0.1, 0.15) is 45.3 Å². The summed E-state index contributed by atoms with van der Waals surface area (Å²) in [6.45, 7) is 8.43. The van der Waals surface area contributed by atoms with E-state index in [1.807, 2.05) is 34.7 Å². The van der Waals surface area contributed by atoms with E-state index in [1.165, 1.54) is 0 Å². The molecule has 0 saturated carbocycles. The molecule has 0 fully saturated rings. The van der Waals surface area contributed by atoms with Crippen LogP contribution >= 0.6 is 0 Å². The highest BCUT2D eigenvalue weighted by atomic mass is 16.6. The summed E-state index contributed by atoms with van der Waals surface area (Å²) in [6, 6.07) is 0. The van der Waals surface area contributed by atoms with Gasteiger partial charge in [0.1, 0.15) is 5.60 Å². The monoisotopic (exact) mass is 284 g/mol. The van der Waals surface area contributed by atoms with E-state index in [9.17, 15) is 4.79 Å². The molecule has 0 radical (unpaired) electrons. The number of carbonyl (C=O) groups is 1. The summed E-state index contributed by atoms with van der Waals surface area (Å²) in [7, 11) is 1.83. The van der Waals surface area contributed by atoms with Crippen LogP contribution in [-0.4, -0.2) is 42.0 Å². The van der Waals surface area contributed by atoms with E-state index in [4.69, 9.17) is 9.26 Å². The summed E-state index contributed by atoms with van der Waals surface area (Å²) in [5, 5.41) is 9.63. The molecule has 1 unspecified atom stereocenters. The van der Waals surface area contributed by atoms with Crippen molar-refractivity contribution in [2.75, 3.05) is 20.1 Å². The Morgan fingerprint density at radius 1 is 1.40 bits per heavy atom. The van der Waals surface area contributed by atoms with Crippen LogP contribution in [0.4, 0.5) is 4.79 Å². The molecule has 0 saturated heterocycles. The zero-order chi connectivity index (χ0) is 15.2. The largest absolute Gasteiger partial charge is 0.444 e. The Bertz CT molecular complexity index is 425. The summed E-state index contributed by atoms with van der Waals surface area (Å²) in [4.78, 5) is 15.9.